The second-order valence-electron chi connectivity index (χ2n) is 3.10. The summed E-state index contributed by atoms with van der Waals surface area (Å²) in [5.41, 5.74) is -0.819. The van der Waals surface area contributed by atoms with Gasteiger partial charge in [0.1, 0.15) is 3.70 Å². The molecule has 0 aliphatic rings. The van der Waals surface area contributed by atoms with Crippen LogP contribution in [0, 0.1) is 3.70 Å². The maximum absolute atomic E-state index is 12.0. The molecule has 1 N–H and O–H groups in total. The average Bonchev–Trinajstić information content (AvgIpc) is 2.22. The number of hydrogen-bond acceptors (Lipinski definition) is 4. The van der Waals surface area contributed by atoms with Gasteiger partial charge in [-0.1, -0.05) is 0 Å². The number of carbonyl (C=O) groups is 1. The fourth-order valence-corrected chi connectivity index (χ4v) is 1.82. The molecular formula is C9H7F3INO4. The summed E-state index contributed by atoms with van der Waals surface area (Å²) >= 11 is 1.48. The van der Waals surface area contributed by atoms with E-state index in [9.17, 15) is 22.8 Å². The van der Waals surface area contributed by atoms with Gasteiger partial charge in [-0.25, -0.2) is 0 Å². The monoisotopic (exact) mass is 377 g/mol. The van der Waals surface area contributed by atoms with Crippen molar-refractivity contribution in [3.63, 3.8) is 0 Å². The van der Waals surface area contributed by atoms with Gasteiger partial charge in [-0.05, 0) is 22.6 Å². The minimum absolute atomic E-state index is 0.142. The third-order valence-corrected chi connectivity index (χ3v) is 2.54. The Hall–Kier alpha value is -1.26. The van der Waals surface area contributed by atoms with Crippen LogP contribution in [0.25, 0.3) is 0 Å². The van der Waals surface area contributed by atoms with E-state index in [0.717, 1.165) is 13.2 Å². The Morgan fingerprint density at radius 1 is 1.50 bits per heavy atom. The maximum Gasteiger partial charge on any atom is 0.573 e. The molecule has 0 radical (unpaired) electrons. The molecule has 9 heteroatoms. The average molecular weight is 377 g/mol. The summed E-state index contributed by atoms with van der Waals surface area (Å²) in [7, 11) is 1.16. The zero-order valence-electron chi connectivity index (χ0n) is 8.93. The predicted molar refractivity (Wildman–Crippen MR) is 62.2 cm³/mol. The number of pyridine rings is 1. The molecule has 1 aromatic rings. The largest absolute Gasteiger partial charge is 0.573 e. The highest BCUT2D eigenvalue weighted by Gasteiger charge is 2.33. The first-order valence-corrected chi connectivity index (χ1v) is 5.55. The molecule has 1 rings (SSSR count). The first kappa shape index (κ1) is 14.8. The van der Waals surface area contributed by atoms with Crippen LogP contribution in [0.4, 0.5) is 13.2 Å². The van der Waals surface area contributed by atoms with Gasteiger partial charge in [-0.2, -0.15) is 0 Å². The number of rotatable bonds is 3. The number of methoxy groups -OCH3 is 1. The van der Waals surface area contributed by atoms with Crippen LogP contribution in [0.2, 0.25) is 0 Å². The zero-order chi connectivity index (χ0) is 13.9. The second-order valence-corrected chi connectivity index (χ2v) is 4.18. The van der Waals surface area contributed by atoms with Crippen molar-refractivity contribution in [1.82, 2.24) is 4.98 Å². The van der Waals surface area contributed by atoms with Gasteiger partial charge < -0.3 is 14.5 Å². The summed E-state index contributed by atoms with van der Waals surface area (Å²) < 4.78 is 43.9. The van der Waals surface area contributed by atoms with Gasteiger partial charge in [-0.15, -0.1) is 13.2 Å². The molecule has 100 valence electrons. The Labute approximate surface area is 112 Å². The number of aromatic amines is 1. The van der Waals surface area contributed by atoms with Gasteiger partial charge in [0.05, 0.1) is 13.5 Å². The molecule has 0 aromatic carbocycles. The molecule has 1 aromatic heterocycles. The topological polar surface area (TPSA) is 68.4 Å². The van der Waals surface area contributed by atoms with Crippen LogP contribution in [0.3, 0.4) is 0 Å². The molecule has 0 unspecified atom stereocenters. The summed E-state index contributed by atoms with van der Waals surface area (Å²) in [5.74, 6) is -1.47. The molecule has 18 heavy (non-hydrogen) atoms. The quantitative estimate of drug-likeness (QED) is 0.494. The summed E-state index contributed by atoms with van der Waals surface area (Å²) in [6.45, 7) is 0. The minimum atomic E-state index is -4.95. The van der Waals surface area contributed by atoms with Crippen LogP contribution in [0.1, 0.15) is 5.69 Å². The van der Waals surface area contributed by atoms with Crippen LogP contribution in [-0.4, -0.2) is 24.4 Å². The summed E-state index contributed by atoms with van der Waals surface area (Å²) in [6, 6.07) is 0.861. The molecule has 0 spiro atoms. The molecule has 1 heterocycles. The Balaban J connectivity index is 3.05. The van der Waals surface area contributed by atoms with E-state index in [1.54, 1.807) is 0 Å². The fraction of sp³-hybridized carbons (Fsp3) is 0.333. The van der Waals surface area contributed by atoms with Crippen molar-refractivity contribution in [3.8, 4) is 5.75 Å². The summed E-state index contributed by atoms with van der Waals surface area (Å²) in [6.07, 6.45) is -5.19. The SMILES string of the molecule is COC(=O)Cc1cc(=O)c(OC(F)(F)F)c(I)[nH]1. The highest BCUT2D eigenvalue weighted by Crippen LogP contribution is 2.23. The van der Waals surface area contributed by atoms with Crippen molar-refractivity contribution in [2.75, 3.05) is 7.11 Å². The Bertz CT molecular complexity index is 512. The Morgan fingerprint density at radius 3 is 2.56 bits per heavy atom. The molecular weight excluding hydrogens is 370 g/mol. The molecule has 0 atom stereocenters. The standard InChI is InChI=1S/C9H7F3INO4/c1-17-6(16)3-4-2-5(15)7(8(13)14-4)18-9(10,11)12/h2H,3H2,1H3,(H,14,15). The first-order chi connectivity index (χ1) is 8.23. The number of aromatic nitrogens is 1. The summed E-state index contributed by atoms with van der Waals surface area (Å²) in [4.78, 5) is 24.8. The minimum Gasteiger partial charge on any atom is -0.469 e. The molecule has 5 nitrogen and oxygen atoms in total. The van der Waals surface area contributed by atoms with E-state index in [1.165, 1.54) is 22.6 Å². The Kier molecular flexibility index (Phi) is 4.59. The third-order valence-electron chi connectivity index (χ3n) is 1.78. The van der Waals surface area contributed by atoms with Gasteiger partial charge >= 0.3 is 12.3 Å². The number of alkyl halides is 3. The lowest BCUT2D eigenvalue weighted by Crippen LogP contribution is -2.23. The van der Waals surface area contributed by atoms with E-state index in [2.05, 4.69) is 14.5 Å². The van der Waals surface area contributed by atoms with E-state index in [4.69, 9.17) is 0 Å². The molecule has 0 saturated heterocycles. The molecule has 0 amide bonds. The normalized spacial score (nSPS) is 11.2. The van der Waals surface area contributed by atoms with Gasteiger partial charge in [0.15, 0.2) is 0 Å². The number of ether oxygens (including phenoxy) is 2. The summed E-state index contributed by atoms with van der Waals surface area (Å²) in [5, 5.41) is 0. The van der Waals surface area contributed by atoms with Crippen LogP contribution in [0.15, 0.2) is 10.9 Å². The second kappa shape index (κ2) is 5.59. The van der Waals surface area contributed by atoms with Gasteiger partial charge in [0, 0.05) is 11.8 Å². The smallest absolute Gasteiger partial charge is 0.469 e. The maximum atomic E-state index is 12.0. The van der Waals surface area contributed by atoms with Crippen molar-refractivity contribution in [3.05, 3.63) is 25.7 Å². The number of hydrogen-bond donors (Lipinski definition) is 1. The lowest BCUT2D eigenvalue weighted by Gasteiger charge is -2.10. The van der Waals surface area contributed by atoms with Gasteiger partial charge in [0.25, 0.3) is 0 Å². The predicted octanol–water partition coefficient (Wildman–Crippen LogP) is 1.59. The molecule has 0 fully saturated rings. The number of esters is 1. The van der Waals surface area contributed by atoms with Crippen molar-refractivity contribution < 1.29 is 27.4 Å². The van der Waals surface area contributed by atoms with E-state index in [0.29, 0.717) is 0 Å². The van der Waals surface area contributed by atoms with Crippen molar-refractivity contribution >= 4 is 28.6 Å². The van der Waals surface area contributed by atoms with Crippen LogP contribution >= 0.6 is 22.6 Å². The van der Waals surface area contributed by atoms with Crippen molar-refractivity contribution in [2.24, 2.45) is 0 Å². The highest BCUT2D eigenvalue weighted by molar-refractivity contribution is 14.1. The third kappa shape index (κ3) is 4.20. The van der Waals surface area contributed by atoms with Crippen LogP contribution in [0.5, 0.6) is 5.75 Å². The van der Waals surface area contributed by atoms with Gasteiger partial charge in [-0.3, -0.25) is 9.59 Å². The Morgan fingerprint density at radius 2 is 2.11 bits per heavy atom. The highest BCUT2D eigenvalue weighted by atomic mass is 127. The number of halogens is 4. The van der Waals surface area contributed by atoms with E-state index < -0.39 is 23.5 Å². The molecule has 0 aliphatic carbocycles. The van der Waals surface area contributed by atoms with Gasteiger partial charge in [0.2, 0.25) is 11.2 Å². The zero-order valence-corrected chi connectivity index (χ0v) is 11.1. The van der Waals surface area contributed by atoms with Crippen molar-refractivity contribution in [2.45, 2.75) is 12.8 Å². The van der Waals surface area contributed by atoms with Crippen LogP contribution < -0.4 is 10.2 Å². The van der Waals surface area contributed by atoms with Crippen molar-refractivity contribution in [1.29, 1.82) is 0 Å². The van der Waals surface area contributed by atoms with E-state index in [-0.39, 0.29) is 15.8 Å². The fourth-order valence-electron chi connectivity index (χ4n) is 1.10. The number of H-pyrrole nitrogens is 1. The van der Waals surface area contributed by atoms with E-state index >= 15 is 0 Å². The van der Waals surface area contributed by atoms with E-state index in [1.807, 2.05) is 0 Å². The van der Waals surface area contributed by atoms with Crippen LogP contribution in [-0.2, 0) is 16.0 Å². The molecule has 0 aliphatic heterocycles. The lowest BCUT2D eigenvalue weighted by molar-refractivity contribution is -0.275. The molecule has 0 bridgehead atoms. The lowest BCUT2D eigenvalue weighted by atomic mass is 10.2. The number of nitrogens with one attached hydrogen (secondary N) is 1. The number of carbonyl (C=O) groups excluding carboxylic acids is 1. The first-order valence-electron chi connectivity index (χ1n) is 4.47. The molecule has 0 saturated carbocycles.